The normalized spacial score (nSPS) is 14.8. The SMILES string of the molecule is Cn1cc(-c2ccc3nnc(Sc4ccc5ncc(NC6CCNCC6)cc5c4)n3c2)cn1. The van der Waals surface area contributed by atoms with Gasteiger partial charge >= 0.3 is 0 Å². The highest BCUT2D eigenvalue weighted by Gasteiger charge is 2.14. The van der Waals surface area contributed by atoms with Crippen LogP contribution in [0.4, 0.5) is 5.69 Å². The Morgan fingerprint density at radius 2 is 1.91 bits per heavy atom. The first-order chi connectivity index (χ1) is 16.2. The maximum atomic E-state index is 4.65. The van der Waals surface area contributed by atoms with Crippen molar-refractivity contribution < 1.29 is 0 Å². The van der Waals surface area contributed by atoms with E-state index in [0.717, 1.165) is 69.3 Å². The van der Waals surface area contributed by atoms with E-state index in [1.165, 1.54) is 0 Å². The molecule has 1 saturated heterocycles. The summed E-state index contributed by atoms with van der Waals surface area (Å²) < 4.78 is 3.84. The minimum Gasteiger partial charge on any atom is -0.381 e. The molecule has 8 nitrogen and oxygen atoms in total. The summed E-state index contributed by atoms with van der Waals surface area (Å²) in [5, 5.41) is 22.0. The third kappa shape index (κ3) is 4.17. The Bertz CT molecular complexity index is 1430. The number of rotatable bonds is 5. The molecule has 0 amide bonds. The second-order valence-corrected chi connectivity index (χ2v) is 9.42. The minimum atomic E-state index is 0.499. The Kier molecular flexibility index (Phi) is 5.20. The summed E-state index contributed by atoms with van der Waals surface area (Å²) >= 11 is 1.60. The van der Waals surface area contributed by atoms with Crippen LogP contribution in [0.1, 0.15) is 12.8 Å². The maximum Gasteiger partial charge on any atom is 0.200 e. The molecule has 6 rings (SSSR count). The third-order valence-electron chi connectivity index (χ3n) is 5.98. The van der Waals surface area contributed by atoms with E-state index in [1.807, 2.05) is 42.2 Å². The average Bonchev–Trinajstić information content (AvgIpc) is 3.45. The lowest BCUT2D eigenvalue weighted by atomic mass is 10.1. The van der Waals surface area contributed by atoms with Gasteiger partial charge in [0.1, 0.15) is 0 Å². The number of hydrogen-bond donors (Lipinski definition) is 2. The summed E-state index contributed by atoms with van der Waals surface area (Å²) in [4.78, 5) is 5.75. The van der Waals surface area contributed by atoms with Gasteiger partial charge in [0.25, 0.3) is 0 Å². The molecular weight excluding hydrogens is 432 g/mol. The van der Waals surface area contributed by atoms with Gasteiger partial charge in [0.2, 0.25) is 0 Å². The van der Waals surface area contributed by atoms with Crippen LogP contribution >= 0.6 is 11.8 Å². The highest BCUT2D eigenvalue weighted by molar-refractivity contribution is 7.99. The lowest BCUT2D eigenvalue weighted by Gasteiger charge is -2.24. The summed E-state index contributed by atoms with van der Waals surface area (Å²) in [6.07, 6.45) is 10.1. The zero-order chi connectivity index (χ0) is 22.2. The second-order valence-electron chi connectivity index (χ2n) is 8.38. The molecule has 5 aromatic rings. The van der Waals surface area contributed by atoms with Crippen molar-refractivity contribution in [3.8, 4) is 11.1 Å². The zero-order valence-electron chi connectivity index (χ0n) is 18.3. The highest BCUT2D eigenvalue weighted by atomic mass is 32.2. The molecule has 33 heavy (non-hydrogen) atoms. The van der Waals surface area contributed by atoms with Crippen LogP contribution in [0.2, 0.25) is 0 Å². The number of benzene rings is 1. The number of nitrogens with one attached hydrogen (secondary N) is 2. The fourth-order valence-electron chi connectivity index (χ4n) is 4.24. The molecule has 0 aliphatic carbocycles. The first-order valence-electron chi connectivity index (χ1n) is 11.1. The van der Waals surface area contributed by atoms with Gasteiger partial charge in [-0.1, -0.05) is 0 Å². The van der Waals surface area contributed by atoms with Crippen molar-refractivity contribution in [1.82, 2.24) is 34.7 Å². The Morgan fingerprint density at radius 1 is 1.00 bits per heavy atom. The number of hydrogen-bond acceptors (Lipinski definition) is 7. The molecule has 0 unspecified atom stereocenters. The van der Waals surface area contributed by atoms with Gasteiger partial charge in [-0.25, -0.2) is 0 Å². The summed E-state index contributed by atoms with van der Waals surface area (Å²) in [7, 11) is 1.92. The number of piperidine rings is 1. The van der Waals surface area contributed by atoms with E-state index in [2.05, 4.69) is 61.4 Å². The predicted octanol–water partition coefficient (Wildman–Crippen LogP) is 3.99. The van der Waals surface area contributed by atoms with E-state index in [9.17, 15) is 0 Å². The smallest absolute Gasteiger partial charge is 0.200 e. The lowest BCUT2D eigenvalue weighted by molar-refractivity contribution is 0.479. The van der Waals surface area contributed by atoms with E-state index in [0.29, 0.717) is 6.04 Å². The Morgan fingerprint density at radius 3 is 2.76 bits per heavy atom. The van der Waals surface area contributed by atoms with Gasteiger partial charge in [-0.05, 0) is 74.1 Å². The van der Waals surface area contributed by atoms with Crippen LogP contribution in [-0.4, -0.2) is 48.5 Å². The molecule has 0 saturated carbocycles. The summed E-state index contributed by atoms with van der Waals surface area (Å²) in [6, 6.07) is 13.1. The first-order valence-corrected chi connectivity index (χ1v) is 11.9. The van der Waals surface area contributed by atoms with Crippen molar-refractivity contribution in [2.45, 2.75) is 28.9 Å². The topological polar surface area (TPSA) is 85.0 Å². The predicted molar refractivity (Wildman–Crippen MR) is 131 cm³/mol. The number of fused-ring (bicyclic) bond motifs is 2. The van der Waals surface area contributed by atoms with Crippen molar-refractivity contribution in [2.24, 2.45) is 7.05 Å². The van der Waals surface area contributed by atoms with Crippen molar-refractivity contribution in [3.05, 3.63) is 61.2 Å². The number of aryl methyl sites for hydroxylation is 1. The van der Waals surface area contributed by atoms with Gasteiger partial charge in [0.05, 0.1) is 23.6 Å². The molecule has 1 aliphatic rings. The van der Waals surface area contributed by atoms with Crippen LogP contribution in [0, 0.1) is 0 Å². The van der Waals surface area contributed by atoms with Crippen LogP contribution in [-0.2, 0) is 7.05 Å². The van der Waals surface area contributed by atoms with Crippen LogP contribution in [0.15, 0.2) is 71.2 Å². The molecule has 1 fully saturated rings. The van der Waals surface area contributed by atoms with Gasteiger partial charge in [0, 0.05) is 46.9 Å². The van der Waals surface area contributed by atoms with Crippen LogP contribution in [0.25, 0.3) is 27.7 Å². The fourth-order valence-corrected chi connectivity index (χ4v) is 5.10. The van der Waals surface area contributed by atoms with E-state index < -0.39 is 0 Å². The summed E-state index contributed by atoms with van der Waals surface area (Å²) in [6.45, 7) is 2.13. The molecule has 0 spiro atoms. The van der Waals surface area contributed by atoms with E-state index in [1.54, 1.807) is 16.4 Å². The summed E-state index contributed by atoms with van der Waals surface area (Å²) in [5.74, 6) is 0. The lowest BCUT2D eigenvalue weighted by Crippen LogP contribution is -2.35. The van der Waals surface area contributed by atoms with Gasteiger partial charge in [-0.2, -0.15) is 5.10 Å². The van der Waals surface area contributed by atoms with E-state index >= 15 is 0 Å². The molecule has 0 bridgehead atoms. The molecule has 1 aromatic carbocycles. The number of anilines is 1. The van der Waals surface area contributed by atoms with E-state index in [4.69, 9.17) is 0 Å². The Balaban J connectivity index is 1.28. The third-order valence-corrected chi connectivity index (χ3v) is 6.93. The Labute approximate surface area is 195 Å². The van der Waals surface area contributed by atoms with Gasteiger partial charge < -0.3 is 10.6 Å². The van der Waals surface area contributed by atoms with Gasteiger partial charge in [-0.15, -0.1) is 10.2 Å². The largest absolute Gasteiger partial charge is 0.381 e. The number of pyridine rings is 2. The molecule has 2 N–H and O–H groups in total. The van der Waals surface area contributed by atoms with Crippen LogP contribution < -0.4 is 10.6 Å². The molecule has 166 valence electrons. The van der Waals surface area contributed by atoms with Crippen molar-refractivity contribution in [3.63, 3.8) is 0 Å². The quantitative estimate of drug-likeness (QED) is 0.414. The van der Waals surface area contributed by atoms with Gasteiger partial charge in [-0.3, -0.25) is 14.1 Å². The monoisotopic (exact) mass is 456 g/mol. The summed E-state index contributed by atoms with van der Waals surface area (Å²) in [5.41, 5.74) is 5.02. The van der Waals surface area contributed by atoms with Crippen LogP contribution in [0.3, 0.4) is 0 Å². The minimum absolute atomic E-state index is 0.499. The van der Waals surface area contributed by atoms with E-state index in [-0.39, 0.29) is 0 Å². The maximum absolute atomic E-state index is 4.65. The molecule has 1 aliphatic heterocycles. The number of nitrogens with zero attached hydrogens (tertiary/aromatic N) is 6. The number of aromatic nitrogens is 6. The first kappa shape index (κ1) is 20.2. The zero-order valence-corrected chi connectivity index (χ0v) is 19.1. The molecule has 0 atom stereocenters. The molecule has 0 radical (unpaired) electrons. The highest BCUT2D eigenvalue weighted by Crippen LogP contribution is 2.31. The van der Waals surface area contributed by atoms with Crippen molar-refractivity contribution in [1.29, 1.82) is 0 Å². The standard InChI is InChI=1S/C24H24N8S/c1-31-14-18(12-27-31)16-2-5-23-29-30-24(32(23)15-16)33-21-3-4-22-17(11-21)10-20(13-26-22)28-19-6-8-25-9-7-19/h2-5,10-15,19,25,28H,6-9H2,1H3. The average molecular weight is 457 g/mol. The van der Waals surface area contributed by atoms with Crippen molar-refractivity contribution >= 4 is 34.0 Å². The van der Waals surface area contributed by atoms with Crippen LogP contribution in [0.5, 0.6) is 0 Å². The van der Waals surface area contributed by atoms with Gasteiger partial charge in [0.15, 0.2) is 10.8 Å². The fraction of sp³-hybridized carbons (Fsp3) is 0.250. The molecule has 4 aromatic heterocycles. The Hall–Kier alpha value is -3.43. The molecule has 5 heterocycles. The second kappa shape index (κ2) is 8.49. The van der Waals surface area contributed by atoms with Crippen molar-refractivity contribution in [2.75, 3.05) is 18.4 Å². The molecular formula is C24H24N8S. The molecule has 9 heteroatoms.